The number of benzene rings is 1. The van der Waals surface area contributed by atoms with Gasteiger partial charge in [-0.3, -0.25) is 9.69 Å². The molecule has 1 N–H and O–H groups in total. The Morgan fingerprint density at radius 3 is 2.58 bits per heavy atom. The van der Waals surface area contributed by atoms with Crippen molar-refractivity contribution >= 4 is 42.7 Å². The smallest absolute Gasteiger partial charge is 0.268 e. The molecule has 0 radical (unpaired) electrons. The number of rotatable bonds is 9. The van der Waals surface area contributed by atoms with Crippen molar-refractivity contribution in [2.75, 3.05) is 25.0 Å². The summed E-state index contributed by atoms with van der Waals surface area (Å²) in [6, 6.07) is 12.7. The van der Waals surface area contributed by atoms with Gasteiger partial charge in [0.05, 0.1) is 23.0 Å². The number of amides is 1. The number of nitrogens with zero attached hydrogens (tertiary/aromatic N) is 6. The molecule has 12 heteroatoms. The van der Waals surface area contributed by atoms with Crippen LogP contribution >= 0.6 is 11.6 Å². The van der Waals surface area contributed by atoms with Crippen LogP contribution in [-0.4, -0.2) is 75.7 Å². The monoisotopic (exact) mass is 579 g/mol. The Morgan fingerprint density at radius 1 is 1.12 bits per heavy atom. The van der Waals surface area contributed by atoms with Crippen molar-refractivity contribution < 1.29 is 14.0 Å². The van der Waals surface area contributed by atoms with Crippen LogP contribution in [0.4, 0.5) is 5.82 Å². The van der Waals surface area contributed by atoms with Crippen molar-refractivity contribution in [2.24, 2.45) is 0 Å². The Hall–Kier alpha value is -3.38. The van der Waals surface area contributed by atoms with E-state index in [-0.39, 0.29) is 22.9 Å². The highest BCUT2D eigenvalue weighted by molar-refractivity contribution is 6.74. The lowest BCUT2D eigenvalue weighted by atomic mass is 10.1. The highest BCUT2D eigenvalue weighted by atomic mass is 35.5. The maximum Gasteiger partial charge on any atom is 0.268 e. The summed E-state index contributed by atoms with van der Waals surface area (Å²) in [6.45, 7) is 13.0. The van der Waals surface area contributed by atoms with E-state index in [4.69, 9.17) is 20.8 Å². The van der Waals surface area contributed by atoms with E-state index in [2.05, 4.69) is 64.1 Å². The van der Waals surface area contributed by atoms with Gasteiger partial charge in [0, 0.05) is 25.8 Å². The van der Waals surface area contributed by atoms with Crippen LogP contribution in [0.1, 0.15) is 20.8 Å². The van der Waals surface area contributed by atoms with Gasteiger partial charge >= 0.3 is 0 Å². The molecule has 0 bridgehead atoms. The van der Waals surface area contributed by atoms with Crippen molar-refractivity contribution in [1.29, 1.82) is 0 Å². The molecule has 1 aliphatic rings. The number of likely N-dealkylation sites (tertiary alicyclic amines) is 1. The molecule has 1 aliphatic heterocycles. The summed E-state index contributed by atoms with van der Waals surface area (Å²) in [6.07, 6.45) is 3.92. The first-order valence-electron chi connectivity index (χ1n) is 13.2. The first kappa shape index (κ1) is 28.2. The molecular weight excluding hydrogens is 546 g/mol. The highest BCUT2D eigenvalue weighted by Gasteiger charge is 2.42. The van der Waals surface area contributed by atoms with Gasteiger partial charge in [0.25, 0.3) is 5.91 Å². The molecule has 1 amide bonds. The Labute approximate surface area is 239 Å². The molecule has 0 saturated carbocycles. The Morgan fingerprint density at radius 2 is 1.88 bits per heavy atom. The minimum atomic E-state index is -1.88. The second kappa shape index (κ2) is 11.2. The van der Waals surface area contributed by atoms with Gasteiger partial charge in [-0.25, -0.2) is 19.6 Å². The number of carbonyl (C=O) groups excluding carboxylic acids is 1. The number of para-hydroxylation sites is 1. The SMILES string of the molecule is CC(C)(C)[Si](C)(C)OC1CN(C[C@H](Oc2ncnc3c2cnn3-c2ccccc2Cl)C(=O)Nc2ccccn2)C1. The van der Waals surface area contributed by atoms with Gasteiger partial charge < -0.3 is 14.5 Å². The predicted octanol–water partition coefficient (Wildman–Crippen LogP) is 4.96. The lowest BCUT2D eigenvalue weighted by Crippen LogP contribution is -2.60. The molecule has 40 heavy (non-hydrogen) atoms. The van der Waals surface area contributed by atoms with Crippen LogP contribution in [0.2, 0.25) is 23.2 Å². The van der Waals surface area contributed by atoms with E-state index in [0.29, 0.717) is 34.1 Å². The van der Waals surface area contributed by atoms with Gasteiger partial charge in [-0.15, -0.1) is 0 Å². The van der Waals surface area contributed by atoms with E-state index in [9.17, 15) is 4.79 Å². The summed E-state index contributed by atoms with van der Waals surface area (Å²) in [4.78, 5) is 28.6. The third kappa shape index (κ3) is 6.02. The molecule has 0 unspecified atom stereocenters. The van der Waals surface area contributed by atoms with E-state index < -0.39 is 14.4 Å². The fraction of sp³-hybridized carbons (Fsp3) is 0.393. The quantitative estimate of drug-likeness (QED) is 0.277. The fourth-order valence-electron chi connectivity index (χ4n) is 4.24. The van der Waals surface area contributed by atoms with Gasteiger partial charge in [-0.05, 0) is 42.4 Å². The third-order valence-electron chi connectivity index (χ3n) is 7.49. The summed E-state index contributed by atoms with van der Waals surface area (Å²) < 4.78 is 14.5. The van der Waals surface area contributed by atoms with Crippen molar-refractivity contribution in [3.63, 3.8) is 0 Å². The number of hydrogen-bond acceptors (Lipinski definition) is 8. The number of halogens is 1. The van der Waals surface area contributed by atoms with E-state index in [1.165, 1.54) is 6.33 Å². The molecule has 1 aromatic carbocycles. The number of nitrogens with one attached hydrogen (secondary N) is 1. The summed E-state index contributed by atoms with van der Waals surface area (Å²) in [5.74, 6) is 0.389. The molecular formula is C28H34ClN7O3Si. The molecule has 4 heterocycles. The Balaban J connectivity index is 1.36. The topological polar surface area (TPSA) is 107 Å². The zero-order valence-electron chi connectivity index (χ0n) is 23.3. The van der Waals surface area contributed by atoms with Crippen molar-refractivity contribution in [3.8, 4) is 11.6 Å². The van der Waals surface area contributed by atoms with E-state index in [0.717, 1.165) is 13.1 Å². The average molecular weight is 580 g/mol. The first-order valence-corrected chi connectivity index (χ1v) is 16.5. The van der Waals surface area contributed by atoms with E-state index in [1.54, 1.807) is 35.3 Å². The van der Waals surface area contributed by atoms with Crippen LogP contribution in [0, 0.1) is 0 Å². The molecule has 210 valence electrons. The molecule has 1 atom stereocenters. The Kier molecular flexibility index (Phi) is 7.91. The highest BCUT2D eigenvalue weighted by Crippen LogP contribution is 2.38. The van der Waals surface area contributed by atoms with Crippen LogP contribution in [0.15, 0.2) is 61.2 Å². The molecule has 0 spiro atoms. The number of carbonyl (C=O) groups is 1. The first-order chi connectivity index (χ1) is 19.0. The zero-order valence-corrected chi connectivity index (χ0v) is 25.1. The minimum Gasteiger partial charge on any atom is -0.462 e. The lowest BCUT2D eigenvalue weighted by Gasteiger charge is -2.46. The van der Waals surface area contributed by atoms with Crippen molar-refractivity contribution in [3.05, 3.63) is 66.2 Å². The average Bonchev–Trinajstić information content (AvgIpc) is 3.32. The summed E-state index contributed by atoms with van der Waals surface area (Å²) in [5.41, 5.74) is 1.20. The largest absolute Gasteiger partial charge is 0.462 e. The molecule has 0 aliphatic carbocycles. The van der Waals surface area contributed by atoms with Crippen LogP contribution in [0.5, 0.6) is 5.88 Å². The van der Waals surface area contributed by atoms with Gasteiger partial charge in [0.2, 0.25) is 5.88 Å². The van der Waals surface area contributed by atoms with Gasteiger partial charge in [-0.1, -0.05) is 50.6 Å². The zero-order chi connectivity index (χ0) is 28.5. The molecule has 5 rings (SSSR count). The fourth-order valence-corrected chi connectivity index (χ4v) is 5.79. The maximum absolute atomic E-state index is 13.4. The Bertz CT molecular complexity index is 1490. The molecule has 1 fully saturated rings. The predicted molar refractivity (Wildman–Crippen MR) is 157 cm³/mol. The molecule has 1 saturated heterocycles. The summed E-state index contributed by atoms with van der Waals surface area (Å²) in [7, 11) is -1.88. The second-order valence-electron chi connectivity index (χ2n) is 11.5. The van der Waals surface area contributed by atoms with Gasteiger partial charge in [0.1, 0.15) is 17.5 Å². The van der Waals surface area contributed by atoms with Gasteiger partial charge in [0.15, 0.2) is 20.1 Å². The number of fused-ring (bicyclic) bond motifs is 1. The third-order valence-corrected chi connectivity index (χ3v) is 12.3. The number of anilines is 1. The van der Waals surface area contributed by atoms with Gasteiger partial charge in [-0.2, -0.15) is 5.10 Å². The molecule has 10 nitrogen and oxygen atoms in total. The summed E-state index contributed by atoms with van der Waals surface area (Å²) in [5, 5.41) is 8.58. The normalized spacial score (nSPS) is 15.6. The van der Waals surface area contributed by atoms with E-state index in [1.807, 2.05) is 24.3 Å². The van der Waals surface area contributed by atoms with Crippen molar-refractivity contribution in [2.45, 2.75) is 51.1 Å². The standard InChI is InChI=1S/C28H34ClN7O3Si/c1-28(2,3)40(4,5)39-19-15-35(16-19)17-23(26(37)34-24-12-8-9-13-30-24)38-27-20-14-33-36(25(20)31-18-32-27)22-11-7-6-10-21(22)29/h6-14,18-19,23H,15-17H2,1-5H3,(H,30,34,37)/t23-/m0/s1. The van der Waals surface area contributed by atoms with Crippen LogP contribution in [-0.2, 0) is 9.22 Å². The molecule has 4 aromatic rings. The van der Waals surface area contributed by atoms with Crippen LogP contribution < -0.4 is 10.1 Å². The number of aromatic nitrogens is 5. The maximum atomic E-state index is 13.4. The summed E-state index contributed by atoms with van der Waals surface area (Å²) >= 11 is 6.41. The number of hydrogen-bond donors (Lipinski definition) is 1. The number of ether oxygens (including phenoxy) is 1. The van der Waals surface area contributed by atoms with Crippen LogP contribution in [0.25, 0.3) is 16.7 Å². The lowest BCUT2D eigenvalue weighted by molar-refractivity contribution is -0.125. The minimum absolute atomic E-state index is 0.133. The van der Waals surface area contributed by atoms with E-state index >= 15 is 0 Å². The van der Waals surface area contributed by atoms with Crippen LogP contribution in [0.3, 0.4) is 0 Å². The second-order valence-corrected chi connectivity index (χ2v) is 16.6. The molecule has 3 aromatic heterocycles. The number of pyridine rings is 1. The van der Waals surface area contributed by atoms with Crippen molar-refractivity contribution in [1.82, 2.24) is 29.6 Å².